The number of sulfonamides is 1. The van der Waals surface area contributed by atoms with E-state index in [1.807, 2.05) is 13.8 Å². The lowest BCUT2D eigenvalue weighted by Gasteiger charge is -2.41. The van der Waals surface area contributed by atoms with Crippen molar-refractivity contribution in [1.82, 2.24) is 4.31 Å². The molecule has 1 atom stereocenters. The summed E-state index contributed by atoms with van der Waals surface area (Å²) in [6, 6.07) is 2.91. The Labute approximate surface area is 136 Å². The average Bonchev–Trinajstić information content (AvgIpc) is 2.38. The van der Waals surface area contributed by atoms with Crippen LogP contribution in [-0.2, 0) is 10.0 Å². The number of halogens is 2. The van der Waals surface area contributed by atoms with Crippen molar-refractivity contribution in [2.45, 2.75) is 38.1 Å². The van der Waals surface area contributed by atoms with Crippen LogP contribution in [-0.4, -0.2) is 31.9 Å². The Kier molecular flexibility index (Phi) is 4.63. The van der Waals surface area contributed by atoms with Gasteiger partial charge in [0.1, 0.15) is 0 Å². The van der Waals surface area contributed by atoms with Crippen molar-refractivity contribution in [2.75, 3.05) is 13.1 Å². The molecule has 1 unspecified atom stereocenters. The van der Waals surface area contributed by atoms with Crippen LogP contribution in [0.1, 0.15) is 25.8 Å². The molecule has 0 saturated carbocycles. The Morgan fingerprint density at radius 3 is 2.29 bits per heavy atom. The van der Waals surface area contributed by atoms with Crippen LogP contribution in [0.2, 0.25) is 10.0 Å². The first-order valence-electron chi connectivity index (χ1n) is 6.77. The number of nitrogens with two attached hydrogens (primary N) is 1. The highest BCUT2D eigenvalue weighted by molar-refractivity contribution is 7.89. The third-order valence-corrected chi connectivity index (χ3v) is 6.78. The fourth-order valence-corrected chi connectivity index (χ4v) is 4.75. The highest BCUT2D eigenvalue weighted by Gasteiger charge is 2.39. The molecule has 1 aromatic rings. The molecular formula is C14H20Cl2N2O2S. The van der Waals surface area contributed by atoms with Crippen LogP contribution in [0.3, 0.4) is 0 Å². The van der Waals surface area contributed by atoms with E-state index < -0.39 is 10.0 Å². The Morgan fingerprint density at radius 1 is 1.29 bits per heavy atom. The second-order valence-electron chi connectivity index (χ2n) is 6.23. The summed E-state index contributed by atoms with van der Waals surface area (Å²) in [6.07, 6.45) is 0.638. The first-order valence-corrected chi connectivity index (χ1v) is 8.96. The van der Waals surface area contributed by atoms with Gasteiger partial charge in [-0.05, 0) is 36.5 Å². The topological polar surface area (TPSA) is 63.4 Å². The van der Waals surface area contributed by atoms with Gasteiger partial charge in [0.2, 0.25) is 10.0 Å². The van der Waals surface area contributed by atoms with E-state index in [1.54, 1.807) is 6.92 Å². The van der Waals surface area contributed by atoms with Crippen molar-refractivity contribution < 1.29 is 8.42 Å². The van der Waals surface area contributed by atoms with Crippen LogP contribution < -0.4 is 5.73 Å². The normalized spacial score (nSPS) is 23.2. The molecule has 2 N–H and O–H groups in total. The van der Waals surface area contributed by atoms with Gasteiger partial charge in [-0.2, -0.15) is 4.31 Å². The first-order chi connectivity index (χ1) is 9.55. The molecule has 0 amide bonds. The molecular weight excluding hydrogens is 331 g/mol. The number of benzene rings is 1. The molecule has 118 valence electrons. The van der Waals surface area contributed by atoms with Crippen molar-refractivity contribution in [3.05, 3.63) is 27.7 Å². The summed E-state index contributed by atoms with van der Waals surface area (Å²) in [7, 11) is -3.61. The monoisotopic (exact) mass is 350 g/mol. The molecule has 0 aliphatic carbocycles. The predicted octanol–water partition coefficient (Wildman–Crippen LogP) is 3.05. The van der Waals surface area contributed by atoms with Crippen molar-refractivity contribution in [3.63, 3.8) is 0 Å². The SMILES string of the molecule is Cc1c(Cl)cc(S(=O)(=O)N2CCC(N)C(C)(C)C2)cc1Cl. The minimum absolute atomic E-state index is 0.00542. The first kappa shape index (κ1) is 17.0. The van der Waals surface area contributed by atoms with E-state index in [9.17, 15) is 8.42 Å². The molecule has 0 aromatic heterocycles. The molecule has 0 spiro atoms. The summed E-state index contributed by atoms with van der Waals surface area (Å²) in [5.41, 5.74) is 6.48. The highest BCUT2D eigenvalue weighted by Crippen LogP contribution is 2.34. The number of nitrogens with zero attached hydrogens (tertiary/aromatic N) is 1. The summed E-state index contributed by atoms with van der Waals surface area (Å²) in [5.74, 6) is 0. The van der Waals surface area contributed by atoms with Crippen LogP contribution in [0.25, 0.3) is 0 Å². The largest absolute Gasteiger partial charge is 0.327 e. The van der Waals surface area contributed by atoms with Crippen LogP contribution in [0, 0.1) is 12.3 Å². The van der Waals surface area contributed by atoms with Crippen LogP contribution in [0.4, 0.5) is 0 Å². The van der Waals surface area contributed by atoms with E-state index in [1.165, 1.54) is 16.4 Å². The number of hydrogen-bond donors (Lipinski definition) is 1. The number of hydrogen-bond acceptors (Lipinski definition) is 3. The van der Waals surface area contributed by atoms with Crippen molar-refractivity contribution in [3.8, 4) is 0 Å². The van der Waals surface area contributed by atoms with Gasteiger partial charge < -0.3 is 5.73 Å². The Bertz CT molecular complexity index is 636. The minimum atomic E-state index is -3.61. The Hall–Kier alpha value is -0.330. The van der Waals surface area contributed by atoms with Gasteiger partial charge in [0, 0.05) is 29.2 Å². The van der Waals surface area contributed by atoms with Gasteiger partial charge in [0.15, 0.2) is 0 Å². The molecule has 2 rings (SSSR count). The summed E-state index contributed by atoms with van der Waals surface area (Å²) >= 11 is 12.1. The predicted molar refractivity (Wildman–Crippen MR) is 86.3 cm³/mol. The lowest BCUT2D eigenvalue weighted by molar-refractivity contribution is 0.155. The van der Waals surface area contributed by atoms with Crippen LogP contribution in [0.15, 0.2) is 17.0 Å². The zero-order valence-corrected chi connectivity index (χ0v) is 14.7. The lowest BCUT2D eigenvalue weighted by atomic mass is 9.81. The zero-order valence-electron chi connectivity index (χ0n) is 12.4. The van der Waals surface area contributed by atoms with E-state index in [-0.39, 0.29) is 16.4 Å². The molecule has 1 saturated heterocycles. The minimum Gasteiger partial charge on any atom is -0.327 e. The number of rotatable bonds is 2. The van der Waals surface area contributed by atoms with Gasteiger partial charge in [0.25, 0.3) is 0 Å². The molecule has 1 aliphatic heterocycles. The molecule has 1 aromatic carbocycles. The summed E-state index contributed by atoms with van der Waals surface area (Å²) < 4.78 is 27.0. The molecule has 0 radical (unpaired) electrons. The van der Waals surface area contributed by atoms with E-state index in [0.717, 1.165) is 0 Å². The fourth-order valence-electron chi connectivity index (χ4n) is 2.45. The zero-order chi connectivity index (χ0) is 16.0. The maximum atomic E-state index is 12.8. The van der Waals surface area contributed by atoms with Crippen LogP contribution in [0.5, 0.6) is 0 Å². The molecule has 1 heterocycles. The van der Waals surface area contributed by atoms with Gasteiger partial charge in [0.05, 0.1) is 4.90 Å². The fraction of sp³-hybridized carbons (Fsp3) is 0.571. The smallest absolute Gasteiger partial charge is 0.243 e. The average molecular weight is 351 g/mol. The van der Waals surface area contributed by atoms with Crippen molar-refractivity contribution >= 4 is 33.2 Å². The summed E-state index contributed by atoms with van der Waals surface area (Å²) in [6.45, 7) is 6.52. The van der Waals surface area contributed by atoms with Gasteiger partial charge in [-0.3, -0.25) is 0 Å². The molecule has 0 bridgehead atoms. The van der Waals surface area contributed by atoms with Gasteiger partial charge >= 0.3 is 0 Å². The standard InChI is InChI=1S/C14H20Cl2N2O2S/c1-9-11(15)6-10(7-12(9)16)21(19,20)18-5-4-13(17)14(2,3)8-18/h6-7,13H,4-5,8,17H2,1-3H3. The second-order valence-corrected chi connectivity index (χ2v) is 8.99. The quantitative estimate of drug-likeness (QED) is 0.891. The summed E-state index contributed by atoms with van der Waals surface area (Å²) in [5, 5.41) is 0.711. The van der Waals surface area contributed by atoms with Gasteiger partial charge in [-0.1, -0.05) is 37.0 Å². The third-order valence-electron chi connectivity index (χ3n) is 4.17. The van der Waals surface area contributed by atoms with Crippen LogP contribution >= 0.6 is 23.2 Å². The molecule has 1 aliphatic rings. The van der Waals surface area contributed by atoms with E-state index in [2.05, 4.69) is 0 Å². The number of piperidine rings is 1. The maximum Gasteiger partial charge on any atom is 0.243 e. The second kappa shape index (κ2) is 5.70. The van der Waals surface area contributed by atoms with Crippen molar-refractivity contribution in [2.24, 2.45) is 11.1 Å². The molecule has 21 heavy (non-hydrogen) atoms. The van der Waals surface area contributed by atoms with Crippen molar-refractivity contribution in [1.29, 1.82) is 0 Å². The van der Waals surface area contributed by atoms with E-state index in [4.69, 9.17) is 28.9 Å². The Balaban J connectivity index is 2.39. The molecule has 1 fully saturated rings. The Morgan fingerprint density at radius 2 is 1.81 bits per heavy atom. The third kappa shape index (κ3) is 3.22. The summed E-state index contributed by atoms with van der Waals surface area (Å²) in [4.78, 5) is 0.134. The molecule has 4 nitrogen and oxygen atoms in total. The highest BCUT2D eigenvalue weighted by atomic mass is 35.5. The molecule has 7 heteroatoms. The van der Waals surface area contributed by atoms with E-state index in [0.29, 0.717) is 35.1 Å². The van der Waals surface area contributed by atoms with E-state index >= 15 is 0 Å². The maximum absolute atomic E-state index is 12.8. The van der Waals surface area contributed by atoms with Gasteiger partial charge in [-0.25, -0.2) is 8.42 Å². The lowest BCUT2D eigenvalue weighted by Crippen LogP contribution is -2.53. The van der Waals surface area contributed by atoms with Gasteiger partial charge in [-0.15, -0.1) is 0 Å².